The van der Waals surface area contributed by atoms with Gasteiger partial charge in [0, 0.05) is 35.8 Å². The lowest BCUT2D eigenvalue weighted by atomic mass is 9.69. The first-order valence-corrected chi connectivity index (χ1v) is 18.1. The fraction of sp³-hybridized carbons (Fsp3) is 0.789. The highest BCUT2D eigenvalue weighted by molar-refractivity contribution is 5.86. The molecule has 2 unspecified atom stereocenters. The molecule has 8 nitrogen and oxygen atoms in total. The molecule has 46 heavy (non-hydrogen) atoms. The summed E-state index contributed by atoms with van der Waals surface area (Å²) < 4.78 is 0. The number of nitrogens with one attached hydrogen (secondary N) is 4. The van der Waals surface area contributed by atoms with Gasteiger partial charge in [-0.3, -0.25) is 19.2 Å². The standard InChI is InChI=1S/C38H64N4O4/c1-11-24(3)32(43)41-38(42-33(44)25(4)12-2)22-21-30(39-34(45)26-13-17-28(18-14-26)36(5,6)7)23-31(38)40-35(46)27-15-19-29(20-16-27)37(8,9)10/h21,23-29H,11-20,22H2,1-10H3,(H,39,45)(H,40,46)(H,41,43)(H,42,44). The zero-order chi connectivity index (χ0) is 34.4. The van der Waals surface area contributed by atoms with Crippen LogP contribution in [0.15, 0.2) is 23.5 Å². The van der Waals surface area contributed by atoms with Gasteiger partial charge >= 0.3 is 0 Å². The van der Waals surface area contributed by atoms with Gasteiger partial charge in [0.2, 0.25) is 23.6 Å². The molecular formula is C38H64N4O4. The van der Waals surface area contributed by atoms with Gasteiger partial charge in [-0.2, -0.15) is 0 Å². The number of hydrogen-bond acceptors (Lipinski definition) is 4. The first-order chi connectivity index (χ1) is 21.4. The molecule has 2 fully saturated rings. The van der Waals surface area contributed by atoms with E-state index in [1.165, 1.54) is 0 Å². The number of amides is 4. The fourth-order valence-corrected chi connectivity index (χ4v) is 7.17. The summed E-state index contributed by atoms with van der Waals surface area (Å²) >= 11 is 0. The molecule has 3 aliphatic carbocycles. The van der Waals surface area contributed by atoms with Crippen molar-refractivity contribution in [3.63, 3.8) is 0 Å². The monoisotopic (exact) mass is 640 g/mol. The fourth-order valence-electron chi connectivity index (χ4n) is 7.17. The van der Waals surface area contributed by atoms with Crippen molar-refractivity contribution < 1.29 is 19.2 Å². The van der Waals surface area contributed by atoms with E-state index >= 15 is 0 Å². The molecule has 2 saturated carbocycles. The van der Waals surface area contributed by atoms with E-state index < -0.39 is 5.66 Å². The van der Waals surface area contributed by atoms with E-state index in [4.69, 9.17) is 0 Å². The van der Waals surface area contributed by atoms with Crippen molar-refractivity contribution in [2.45, 2.75) is 146 Å². The average molecular weight is 641 g/mol. The lowest BCUT2D eigenvalue weighted by molar-refractivity contribution is -0.132. The molecule has 0 bridgehead atoms. The largest absolute Gasteiger partial charge is 0.328 e. The van der Waals surface area contributed by atoms with Crippen LogP contribution in [0.1, 0.15) is 140 Å². The first kappa shape index (κ1) is 37.8. The van der Waals surface area contributed by atoms with Crippen LogP contribution in [0.25, 0.3) is 0 Å². The maximum absolute atomic E-state index is 13.9. The molecule has 0 heterocycles. The first-order valence-electron chi connectivity index (χ1n) is 18.1. The predicted molar refractivity (Wildman–Crippen MR) is 185 cm³/mol. The third-order valence-electron chi connectivity index (χ3n) is 11.4. The minimum atomic E-state index is -1.34. The van der Waals surface area contributed by atoms with Gasteiger partial charge in [0.1, 0.15) is 0 Å². The van der Waals surface area contributed by atoms with Crippen LogP contribution >= 0.6 is 0 Å². The molecule has 4 N–H and O–H groups in total. The molecule has 260 valence electrons. The van der Waals surface area contributed by atoms with Crippen molar-refractivity contribution in [2.75, 3.05) is 0 Å². The zero-order valence-electron chi connectivity index (χ0n) is 30.5. The Kier molecular flexibility index (Phi) is 12.7. The number of carbonyl (C=O) groups excluding carboxylic acids is 4. The summed E-state index contributed by atoms with van der Waals surface area (Å²) in [6, 6.07) is 0. The average Bonchev–Trinajstić information content (AvgIpc) is 3.00. The smallest absolute Gasteiger partial charge is 0.227 e. The molecule has 4 amide bonds. The third kappa shape index (κ3) is 9.70. The summed E-state index contributed by atoms with van der Waals surface area (Å²) in [5.41, 5.74) is 0.0854. The van der Waals surface area contributed by atoms with Gasteiger partial charge in [-0.25, -0.2) is 0 Å². The highest BCUT2D eigenvalue weighted by Crippen LogP contribution is 2.41. The van der Waals surface area contributed by atoms with Gasteiger partial charge in [0.25, 0.3) is 0 Å². The van der Waals surface area contributed by atoms with Crippen molar-refractivity contribution in [1.82, 2.24) is 21.3 Å². The zero-order valence-corrected chi connectivity index (χ0v) is 30.5. The Labute approximate surface area is 279 Å². The summed E-state index contributed by atoms with van der Waals surface area (Å²) in [6.45, 7) is 21.2. The highest BCUT2D eigenvalue weighted by Gasteiger charge is 2.43. The minimum Gasteiger partial charge on any atom is -0.328 e. The highest BCUT2D eigenvalue weighted by atomic mass is 16.2. The van der Waals surface area contributed by atoms with Crippen LogP contribution in [0.4, 0.5) is 0 Å². The molecule has 8 heteroatoms. The molecular weight excluding hydrogens is 576 g/mol. The van der Waals surface area contributed by atoms with Crippen molar-refractivity contribution in [2.24, 2.45) is 46.3 Å². The Morgan fingerprint density at radius 3 is 1.46 bits per heavy atom. The summed E-state index contributed by atoms with van der Waals surface area (Å²) in [6.07, 6.45) is 12.4. The summed E-state index contributed by atoms with van der Waals surface area (Å²) in [4.78, 5) is 54.1. The maximum Gasteiger partial charge on any atom is 0.227 e. The maximum atomic E-state index is 13.9. The topological polar surface area (TPSA) is 116 Å². The molecule has 2 atom stereocenters. The van der Waals surface area contributed by atoms with Gasteiger partial charge in [-0.15, -0.1) is 0 Å². The van der Waals surface area contributed by atoms with Gasteiger partial charge in [0.05, 0.1) is 5.70 Å². The molecule has 3 rings (SSSR count). The molecule has 0 aromatic carbocycles. The SMILES string of the molecule is CCC(C)C(=O)NC1(NC(=O)C(C)CC)CC=C(NC(=O)C2CCC(C(C)(C)C)CC2)C=C1NC(=O)C1CCC(C(C)(C)C)CC1. The number of rotatable bonds is 10. The van der Waals surface area contributed by atoms with Gasteiger partial charge in [0.15, 0.2) is 5.66 Å². The number of carbonyl (C=O) groups is 4. The third-order valence-corrected chi connectivity index (χ3v) is 11.4. The van der Waals surface area contributed by atoms with Gasteiger partial charge in [-0.1, -0.05) is 75.3 Å². The lowest BCUT2D eigenvalue weighted by Crippen LogP contribution is -2.66. The minimum absolute atomic E-state index is 0.0131. The molecule has 3 aliphatic rings. The van der Waals surface area contributed by atoms with Crippen molar-refractivity contribution >= 4 is 23.6 Å². The molecule has 0 aliphatic heterocycles. The molecule has 0 saturated heterocycles. The molecule has 0 radical (unpaired) electrons. The van der Waals surface area contributed by atoms with E-state index in [2.05, 4.69) is 62.8 Å². The molecule has 0 spiro atoms. The van der Waals surface area contributed by atoms with E-state index in [1.807, 2.05) is 33.8 Å². The second-order valence-electron chi connectivity index (χ2n) is 16.7. The quantitative estimate of drug-likeness (QED) is 0.190. The Morgan fingerprint density at radius 2 is 1.09 bits per heavy atom. The Hall–Kier alpha value is -2.64. The van der Waals surface area contributed by atoms with E-state index in [-0.39, 0.29) is 64.6 Å². The van der Waals surface area contributed by atoms with E-state index in [1.54, 1.807) is 6.08 Å². The van der Waals surface area contributed by atoms with Crippen LogP contribution < -0.4 is 21.3 Å². The summed E-state index contributed by atoms with van der Waals surface area (Å²) in [5, 5.41) is 12.5. The summed E-state index contributed by atoms with van der Waals surface area (Å²) in [5.74, 6) is -0.131. The van der Waals surface area contributed by atoms with Crippen LogP contribution in [0.2, 0.25) is 0 Å². The lowest BCUT2D eigenvalue weighted by Gasteiger charge is -2.42. The van der Waals surface area contributed by atoms with E-state index in [9.17, 15) is 19.2 Å². The second kappa shape index (κ2) is 15.5. The Morgan fingerprint density at radius 1 is 0.696 bits per heavy atom. The van der Waals surface area contributed by atoms with E-state index in [0.29, 0.717) is 36.1 Å². The van der Waals surface area contributed by atoms with Gasteiger partial charge in [-0.05, 0) is 93.0 Å². The number of allylic oxidation sites excluding steroid dienone is 1. The Balaban J connectivity index is 1.89. The van der Waals surface area contributed by atoms with Crippen LogP contribution in [0.3, 0.4) is 0 Å². The van der Waals surface area contributed by atoms with Crippen LogP contribution in [0, 0.1) is 46.3 Å². The van der Waals surface area contributed by atoms with Crippen molar-refractivity contribution in [1.29, 1.82) is 0 Å². The van der Waals surface area contributed by atoms with Gasteiger partial charge < -0.3 is 21.3 Å². The number of hydrogen-bond donors (Lipinski definition) is 4. The van der Waals surface area contributed by atoms with Crippen LogP contribution in [-0.2, 0) is 19.2 Å². The van der Waals surface area contributed by atoms with Crippen molar-refractivity contribution in [3.05, 3.63) is 23.5 Å². The normalized spacial score (nSPS) is 28.6. The molecule has 0 aromatic rings. The second-order valence-corrected chi connectivity index (χ2v) is 16.7. The predicted octanol–water partition coefficient (Wildman–Crippen LogP) is 7.12. The Bertz CT molecular complexity index is 1130. The van der Waals surface area contributed by atoms with Crippen LogP contribution in [-0.4, -0.2) is 29.3 Å². The summed E-state index contributed by atoms with van der Waals surface area (Å²) in [7, 11) is 0. The molecule has 0 aromatic heterocycles. The van der Waals surface area contributed by atoms with Crippen molar-refractivity contribution in [3.8, 4) is 0 Å². The van der Waals surface area contributed by atoms with E-state index in [0.717, 1.165) is 51.4 Å². The van der Waals surface area contributed by atoms with Crippen LogP contribution in [0.5, 0.6) is 0 Å².